The van der Waals surface area contributed by atoms with E-state index in [1.54, 1.807) is 0 Å². The lowest BCUT2D eigenvalue weighted by molar-refractivity contribution is 0.183. The highest BCUT2D eigenvalue weighted by Gasteiger charge is 2.20. The maximum atomic E-state index is 7.81. The van der Waals surface area contributed by atoms with E-state index >= 15 is 0 Å². The number of amidine groups is 1. The number of ether oxygens (including phenoxy) is 1. The quantitative estimate of drug-likeness (QED) is 0.593. The summed E-state index contributed by atoms with van der Waals surface area (Å²) >= 11 is 0. The largest absolute Gasteiger partial charge is 0.473 e. The Kier molecular flexibility index (Phi) is 5.92. The fraction of sp³-hybridized carbons (Fsp3) is 0.667. The van der Waals surface area contributed by atoms with Gasteiger partial charge in [0.1, 0.15) is 5.84 Å². The normalized spacial score (nSPS) is 12.5. The van der Waals surface area contributed by atoms with Gasteiger partial charge in [0, 0.05) is 0 Å². The second-order valence-electron chi connectivity index (χ2n) is 5.48. The Morgan fingerprint density at radius 3 is 2.30 bits per heavy atom. The number of aryl methyl sites for hydroxylation is 1. The topological polar surface area (TPSA) is 84.9 Å². The zero-order valence-corrected chi connectivity index (χ0v) is 13.2. The molecule has 5 heteroatoms. The highest BCUT2D eigenvalue weighted by atomic mass is 16.5. The predicted octanol–water partition coefficient (Wildman–Crippen LogP) is 2.70. The summed E-state index contributed by atoms with van der Waals surface area (Å²) in [6.07, 6.45) is 2.50. The molecule has 0 saturated carbocycles. The van der Waals surface area contributed by atoms with Crippen molar-refractivity contribution in [3.8, 4) is 5.88 Å². The molecule has 1 rings (SSSR count). The lowest BCUT2D eigenvalue weighted by Crippen LogP contribution is -2.22. The minimum Gasteiger partial charge on any atom is -0.473 e. The van der Waals surface area contributed by atoms with Crippen molar-refractivity contribution in [1.82, 2.24) is 10.2 Å². The Hall–Kier alpha value is -1.65. The van der Waals surface area contributed by atoms with Crippen molar-refractivity contribution in [2.24, 2.45) is 11.7 Å². The summed E-state index contributed by atoms with van der Waals surface area (Å²) < 4.78 is 5.87. The third-order valence-corrected chi connectivity index (χ3v) is 3.20. The molecule has 1 heterocycles. The van der Waals surface area contributed by atoms with Crippen LogP contribution in [0.1, 0.15) is 57.9 Å². The first-order chi connectivity index (χ1) is 9.40. The summed E-state index contributed by atoms with van der Waals surface area (Å²) in [5.41, 5.74) is 8.20. The maximum absolute atomic E-state index is 7.81. The molecular formula is C15H26N4O. The number of nitrogen functional groups attached to an aromatic ring is 1. The second kappa shape index (κ2) is 7.22. The van der Waals surface area contributed by atoms with E-state index in [4.69, 9.17) is 15.9 Å². The minimum absolute atomic E-state index is 0.00167. The van der Waals surface area contributed by atoms with Gasteiger partial charge in [-0.1, -0.05) is 27.7 Å². The summed E-state index contributed by atoms with van der Waals surface area (Å²) in [6.45, 7) is 10.4. The van der Waals surface area contributed by atoms with Gasteiger partial charge in [-0.2, -0.15) is 5.10 Å². The van der Waals surface area contributed by atoms with Crippen LogP contribution in [0.2, 0.25) is 0 Å². The Morgan fingerprint density at radius 1 is 1.20 bits per heavy atom. The van der Waals surface area contributed by atoms with Gasteiger partial charge >= 0.3 is 0 Å². The van der Waals surface area contributed by atoms with Gasteiger partial charge in [0.05, 0.1) is 17.4 Å². The molecule has 0 radical (unpaired) electrons. The van der Waals surface area contributed by atoms with Crippen LogP contribution >= 0.6 is 0 Å². The summed E-state index contributed by atoms with van der Waals surface area (Å²) in [6, 6.07) is 0. The zero-order valence-electron chi connectivity index (χ0n) is 13.2. The molecule has 0 fully saturated rings. The van der Waals surface area contributed by atoms with Crippen molar-refractivity contribution >= 4 is 5.84 Å². The number of nitrogens with two attached hydrogens (primary N) is 1. The third-order valence-electron chi connectivity index (χ3n) is 3.20. The molecule has 0 spiro atoms. The van der Waals surface area contributed by atoms with Gasteiger partial charge < -0.3 is 10.5 Å². The Bertz CT molecular complexity index is 471. The van der Waals surface area contributed by atoms with E-state index < -0.39 is 0 Å². The number of rotatable bonds is 7. The summed E-state index contributed by atoms with van der Waals surface area (Å²) in [4.78, 5) is 0. The molecule has 0 bridgehead atoms. The molecule has 0 aliphatic heterocycles. The molecule has 1 aromatic rings. The van der Waals surface area contributed by atoms with Crippen LogP contribution in [0.5, 0.6) is 5.88 Å². The average Bonchev–Trinajstić information content (AvgIpc) is 2.36. The van der Waals surface area contributed by atoms with Gasteiger partial charge in [0.15, 0.2) is 0 Å². The molecule has 1 aromatic heterocycles. The molecule has 0 aromatic carbocycles. The highest BCUT2D eigenvalue weighted by molar-refractivity contribution is 5.98. The van der Waals surface area contributed by atoms with E-state index in [0.29, 0.717) is 17.4 Å². The van der Waals surface area contributed by atoms with Gasteiger partial charge in [-0.15, -0.1) is 5.10 Å². The highest BCUT2D eigenvalue weighted by Crippen LogP contribution is 2.24. The molecular weight excluding hydrogens is 252 g/mol. The van der Waals surface area contributed by atoms with Gasteiger partial charge in [-0.05, 0) is 37.7 Å². The van der Waals surface area contributed by atoms with Crippen LogP contribution in [0.3, 0.4) is 0 Å². The summed E-state index contributed by atoms with van der Waals surface area (Å²) in [7, 11) is 0. The van der Waals surface area contributed by atoms with Gasteiger partial charge in [0.2, 0.25) is 5.88 Å². The lowest BCUT2D eigenvalue weighted by Gasteiger charge is -2.19. The molecule has 0 saturated heterocycles. The van der Waals surface area contributed by atoms with Crippen molar-refractivity contribution in [2.45, 2.75) is 60.0 Å². The average molecular weight is 278 g/mol. The van der Waals surface area contributed by atoms with Crippen LogP contribution in [0.15, 0.2) is 0 Å². The standard InChI is InChI=1S/C15H26N4O/c1-6-11-12(7-2)18-19-15(13(11)14(16)17)20-10(5)8-9(3)4/h9-10H,6-8H2,1-5H3,(H3,16,17). The van der Waals surface area contributed by atoms with Gasteiger partial charge in [-0.3, -0.25) is 5.41 Å². The maximum Gasteiger partial charge on any atom is 0.245 e. The summed E-state index contributed by atoms with van der Waals surface area (Å²) in [5.74, 6) is 0.928. The molecule has 3 N–H and O–H groups in total. The molecule has 0 amide bonds. The number of nitrogens with zero attached hydrogens (tertiary/aromatic N) is 2. The number of hydrogen-bond acceptors (Lipinski definition) is 4. The Balaban J connectivity index is 3.16. The monoisotopic (exact) mass is 278 g/mol. The molecule has 20 heavy (non-hydrogen) atoms. The zero-order chi connectivity index (χ0) is 15.3. The molecule has 1 atom stereocenters. The number of hydrogen-bond donors (Lipinski definition) is 2. The van der Waals surface area contributed by atoms with E-state index in [0.717, 1.165) is 30.5 Å². The SMILES string of the molecule is CCc1nnc(OC(C)CC(C)C)c(C(=N)N)c1CC. The molecule has 112 valence electrons. The van der Waals surface area contributed by atoms with Crippen LogP contribution in [0.4, 0.5) is 0 Å². The third kappa shape index (κ3) is 3.92. The van der Waals surface area contributed by atoms with E-state index in [9.17, 15) is 0 Å². The van der Waals surface area contributed by atoms with Crippen molar-refractivity contribution in [3.63, 3.8) is 0 Å². The fourth-order valence-corrected chi connectivity index (χ4v) is 2.42. The van der Waals surface area contributed by atoms with Crippen LogP contribution < -0.4 is 10.5 Å². The Morgan fingerprint density at radius 2 is 1.85 bits per heavy atom. The number of aromatic nitrogens is 2. The van der Waals surface area contributed by atoms with Crippen molar-refractivity contribution in [3.05, 3.63) is 16.8 Å². The van der Waals surface area contributed by atoms with Crippen molar-refractivity contribution in [1.29, 1.82) is 5.41 Å². The van der Waals surface area contributed by atoms with Crippen LogP contribution in [0.25, 0.3) is 0 Å². The van der Waals surface area contributed by atoms with Crippen LogP contribution in [-0.4, -0.2) is 22.1 Å². The first-order valence-corrected chi connectivity index (χ1v) is 7.30. The first kappa shape index (κ1) is 16.4. The van der Waals surface area contributed by atoms with Crippen LogP contribution in [-0.2, 0) is 12.8 Å². The molecule has 0 aliphatic carbocycles. The fourth-order valence-electron chi connectivity index (χ4n) is 2.42. The predicted molar refractivity (Wildman–Crippen MR) is 81.3 cm³/mol. The lowest BCUT2D eigenvalue weighted by atomic mass is 10.0. The smallest absolute Gasteiger partial charge is 0.245 e. The van der Waals surface area contributed by atoms with Gasteiger partial charge in [0.25, 0.3) is 0 Å². The first-order valence-electron chi connectivity index (χ1n) is 7.30. The minimum atomic E-state index is -0.00167. The van der Waals surface area contributed by atoms with E-state index in [1.165, 1.54) is 0 Å². The van der Waals surface area contributed by atoms with E-state index in [2.05, 4.69) is 24.0 Å². The number of nitrogens with one attached hydrogen (secondary N) is 1. The van der Waals surface area contributed by atoms with Crippen LogP contribution in [0, 0.1) is 11.3 Å². The second-order valence-corrected chi connectivity index (χ2v) is 5.48. The van der Waals surface area contributed by atoms with Crippen molar-refractivity contribution in [2.75, 3.05) is 0 Å². The Labute approximate surface area is 121 Å². The van der Waals surface area contributed by atoms with E-state index in [-0.39, 0.29) is 11.9 Å². The van der Waals surface area contributed by atoms with E-state index in [1.807, 2.05) is 20.8 Å². The molecule has 0 aliphatic rings. The van der Waals surface area contributed by atoms with Gasteiger partial charge in [-0.25, -0.2) is 0 Å². The molecule has 1 unspecified atom stereocenters. The van der Waals surface area contributed by atoms with Crippen molar-refractivity contribution < 1.29 is 4.74 Å². The molecule has 5 nitrogen and oxygen atoms in total. The summed E-state index contributed by atoms with van der Waals surface area (Å²) in [5, 5.41) is 16.2.